The third-order valence-electron chi connectivity index (χ3n) is 16.6. The van der Waals surface area contributed by atoms with E-state index in [4.69, 9.17) is 5.87 Å². The van der Waals surface area contributed by atoms with Gasteiger partial charge in [0.2, 0.25) is 0 Å². The van der Waals surface area contributed by atoms with Gasteiger partial charge in [0.1, 0.15) is 0 Å². The van der Waals surface area contributed by atoms with Crippen molar-refractivity contribution in [3.63, 3.8) is 0 Å². The zero-order chi connectivity index (χ0) is 56.9. The van der Waals surface area contributed by atoms with Crippen LogP contribution in [-0.2, 0) is 6.42 Å². The van der Waals surface area contributed by atoms with Crippen molar-refractivity contribution in [2.24, 2.45) is 0 Å². The molecule has 0 N–H and O–H groups in total. The Balaban J connectivity index is 0.00000163. The summed E-state index contributed by atoms with van der Waals surface area (Å²) in [6, 6.07) is 83.6. The lowest BCUT2D eigenvalue weighted by Gasteiger charge is -2.23. The predicted molar refractivity (Wildman–Crippen MR) is 379 cm³/mol. The summed E-state index contributed by atoms with van der Waals surface area (Å²) in [6.07, 6.45) is 5.41. The van der Waals surface area contributed by atoms with Crippen molar-refractivity contribution in [2.75, 3.05) is 18.3 Å². The van der Waals surface area contributed by atoms with Gasteiger partial charge in [-0.2, -0.15) is 31.5 Å². The third kappa shape index (κ3) is 9.02. The maximum Gasteiger partial charge on any atom is 0.00176 e. The van der Waals surface area contributed by atoms with Crippen LogP contribution in [-0.4, -0.2) is 35.9 Å². The van der Waals surface area contributed by atoms with Crippen LogP contribution in [0.25, 0.3) is 141 Å². The molecule has 0 bridgehead atoms. The summed E-state index contributed by atoms with van der Waals surface area (Å²) in [6.45, 7) is 14.5. The maximum atomic E-state index is 4.71. The quantitative estimate of drug-likeness (QED) is 0.0585. The average molecular weight is 1110 g/mol. The van der Waals surface area contributed by atoms with Crippen molar-refractivity contribution in [3.05, 3.63) is 237 Å². The molecule has 0 amide bonds. The van der Waals surface area contributed by atoms with E-state index in [2.05, 4.69) is 270 Å². The molecule has 14 aromatic carbocycles. The Labute approximate surface area is 491 Å². The van der Waals surface area contributed by atoms with Crippen molar-refractivity contribution < 1.29 is 0 Å². The minimum absolute atomic E-state index is 0.164. The van der Waals surface area contributed by atoms with Crippen LogP contribution in [0.2, 0.25) is 0 Å². The van der Waals surface area contributed by atoms with Crippen LogP contribution in [0.3, 0.4) is 0 Å². The van der Waals surface area contributed by atoms with Crippen LogP contribution in [0.4, 0.5) is 0 Å². The predicted octanol–water partition coefficient (Wildman–Crippen LogP) is 23.6. The van der Waals surface area contributed by atoms with Gasteiger partial charge in [-0.05, 0) is 220 Å². The molecule has 3 atom stereocenters. The fraction of sp³-hybridized carbons (Fsp3) is 0.101. The fourth-order valence-corrected chi connectivity index (χ4v) is 15.0. The number of aryl methyl sites for hydroxylation is 1. The second kappa shape index (κ2) is 22.6. The van der Waals surface area contributed by atoms with Crippen LogP contribution >= 0.6 is 31.5 Å². The lowest BCUT2D eigenvalue weighted by atomic mass is 9.80. The third-order valence-corrected chi connectivity index (χ3v) is 20.4. The highest BCUT2D eigenvalue weighted by molar-refractivity contribution is 8.14. The molecule has 0 aliphatic carbocycles. The smallest absolute Gasteiger partial charge is 0.00176 e. The van der Waals surface area contributed by atoms with E-state index in [9.17, 15) is 0 Å². The van der Waals surface area contributed by atoms with E-state index in [0.29, 0.717) is 0 Å². The van der Waals surface area contributed by atoms with Crippen LogP contribution in [0, 0.1) is 0 Å². The van der Waals surface area contributed by atoms with Gasteiger partial charge < -0.3 is 0 Å². The van der Waals surface area contributed by atoms with Gasteiger partial charge in [-0.25, -0.2) is 0 Å². The zero-order valence-corrected chi connectivity index (χ0v) is 50.4. The minimum atomic E-state index is -0.218. The van der Waals surface area contributed by atoms with Crippen LogP contribution in [0.1, 0.15) is 33.3 Å². The normalized spacial score (nSPS) is 12.7. The molecule has 82 heavy (non-hydrogen) atoms. The van der Waals surface area contributed by atoms with Crippen molar-refractivity contribution >= 4 is 146 Å². The van der Waals surface area contributed by atoms with E-state index in [1.165, 1.54) is 162 Å². The number of benzene rings is 14. The molecule has 0 heterocycles. The zero-order valence-electron chi connectivity index (χ0n) is 48.0. The van der Waals surface area contributed by atoms with Crippen molar-refractivity contribution in [3.8, 4) is 44.5 Å². The number of hydrogen-bond donors (Lipinski definition) is 0. The average Bonchev–Trinajstić information content (AvgIpc) is 2.49. The molecular formula is C79H68S3. The molecule has 0 radical (unpaired) electrons. The minimum Gasteiger partial charge on any atom is -0.165 e. The molecule has 0 nitrogen and oxygen atoms in total. The van der Waals surface area contributed by atoms with Gasteiger partial charge in [0.15, 0.2) is 0 Å². The van der Waals surface area contributed by atoms with E-state index >= 15 is 0 Å². The second-order valence-corrected chi connectivity index (χ2v) is 26.5. The molecular weight excluding hydrogens is 1050 g/mol. The highest BCUT2D eigenvalue weighted by atomic mass is 32.2. The highest BCUT2D eigenvalue weighted by Crippen LogP contribution is 2.53. The van der Waals surface area contributed by atoms with Gasteiger partial charge in [0.25, 0.3) is 0 Å². The van der Waals surface area contributed by atoms with Gasteiger partial charge in [0, 0.05) is 14.7 Å². The van der Waals surface area contributed by atoms with Crippen molar-refractivity contribution in [2.45, 2.75) is 48.8 Å². The Kier molecular flexibility index (Phi) is 15.0. The Bertz CT molecular complexity index is 4980. The summed E-state index contributed by atoms with van der Waals surface area (Å²) in [7, 11) is -0.591. The van der Waals surface area contributed by atoms with Crippen LogP contribution in [0.15, 0.2) is 246 Å². The molecule has 0 aliphatic heterocycles. The van der Waals surface area contributed by atoms with Crippen LogP contribution in [0.5, 0.6) is 0 Å². The first-order valence-electron chi connectivity index (χ1n) is 28.5. The molecule has 0 fully saturated rings. The van der Waals surface area contributed by atoms with E-state index in [1.807, 2.05) is 13.8 Å². The Hall–Kier alpha value is -8.18. The summed E-state index contributed by atoms with van der Waals surface area (Å²) < 4.78 is 0. The van der Waals surface area contributed by atoms with E-state index in [0.717, 1.165) is 12.2 Å². The van der Waals surface area contributed by atoms with Gasteiger partial charge in [-0.3, -0.25) is 0 Å². The summed E-state index contributed by atoms with van der Waals surface area (Å²) >= 11 is 0. The fourth-order valence-electron chi connectivity index (χ4n) is 12.9. The largest absolute Gasteiger partial charge is 0.165 e. The lowest BCUT2D eigenvalue weighted by molar-refractivity contribution is 1.15. The first kappa shape index (κ1) is 54.4. The first-order chi connectivity index (χ1) is 40.2. The van der Waals surface area contributed by atoms with Gasteiger partial charge in [0.05, 0.1) is 0 Å². The first-order valence-corrected chi connectivity index (χ1v) is 33.7. The molecule has 0 aromatic heterocycles. The van der Waals surface area contributed by atoms with Crippen molar-refractivity contribution in [1.29, 1.82) is 0 Å². The molecule has 0 saturated heterocycles. The van der Waals surface area contributed by atoms with Gasteiger partial charge in [-0.15, -0.1) is 13.2 Å². The molecule has 14 rings (SSSR count). The summed E-state index contributed by atoms with van der Waals surface area (Å²) in [5.41, 5.74) is 11.4. The Morgan fingerprint density at radius 2 is 0.610 bits per heavy atom. The van der Waals surface area contributed by atoms with Gasteiger partial charge in [-0.1, -0.05) is 215 Å². The van der Waals surface area contributed by atoms with Crippen LogP contribution < -0.4 is 0 Å². The Morgan fingerprint density at radius 1 is 0.293 bits per heavy atom. The van der Waals surface area contributed by atoms with E-state index < -0.39 is 0 Å². The highest BCUT2D eigenvalue weighted by Gasteiger charge is 2.25. The maximum absolute atomic E-state index is 4.71. The molecule has 0 spiro atoms. The number of hydrogen-bond acceptors (Lipinski definition) is 0. The topological polar surface area (TPSA) is 0 Å². The number of fused-ring (bicyclic) bond motifs is 11. The summed E-state index contributed by atoms with van der Waals surface area (Å²) in [4.78, 5) is 3.79. The summed E-state index contributed by atoms with van der Waals surface area (Å²) in [5.74, 6) is 14.9. The SMILES string of the molecule is C=C.C=S(C)c1ccc2c(-c3cc4ccccc4c4ccccc34)c3cc(S(=C)C)ccc3c(-c3ccc(-c4c5cc(CC)ccc5c(-c5cc6ccccc6c6ccccc56)c5cc(S(=C)CC)ccc45)c4ccccc34)c2c1.CC. The van der Waals surface area contributed by atoms with E-state index in [1.54, 1.807) is 0 Å². The standard InChI is InChI=1S/C75H58S3.C2H6.C2H4/c1-8-46-30-34-62-66(40-46)72(64-37-33-51(78(7)9-2)45-71(64)74(62)67-41-47-20-10-12-22-52(47)54-24-14-18-28-58(54)67)60-38-39-61(57-27-17-16-26-56(57)60)73-63-35-31-50(77(5)6)44-70(63)75(65-36-32-49(76(3)4)43-69(65)73)68-42-48-21-11-13-23-53(48)55-25-15-19-29-59(55)68;2*1-2/h10-45H,3,5,7-9H2,1-2,4,6H3;1-2H3;1-2H2. The summed E-state index contributed by atoms with van der Waals surface area (Å²) in [5, 5.41) is 22.6. The number of rotatable bonds is 9. The Morgan fingerprint density at radius 3 is 1.00 bits per heavy atom. The van der Waals surface area contributed by atoms with Gasteiger partial charge >= 0.3 is 0 Å². The monoisotopic (exact) mass is 1110 g/mol. The van der Waals surface area contributed by atoms with E-state index in [-0.39, 0.29) is 31.5 Å². The molecule has 402 valence electrons. The molecule has 0 aliphatic rings. The lowest BCUT2D eigenvalue weighted by Crippen LogP contribution is -1.96. The van der Waals surface area contributed by atoms with Crippen molar-refractivity contribution in [1.82, 2.24) is 0 Å². The second-order valence-electron chi connectivity index (χ2n) is 21.0. The molecule has 14 aromatic rings. The molecule has 3 heteroatoms. The molecule has 3 unspecified atom stereocenters. The molecule has 0 saturated carbocycles.